The number of nitrogens with two attached hydrogens (primary N) is 1. The molecule has 0 spiro atoms. The summed E-state index contributed by atoms with van der Waals surface area (Å²) in [7, 11) is 0. The van der Waals surface area contributed by atoms with Gasteiger partial charge < -0.3 is 20.4 Å². The lowest BCUT2D eigenvalue weighted by molar-refractivity contribution is -0.121. The van der Waals surface area contributed by atoms with Gasteiger partial charge in [0.2, 0.25) is 11.8 Å². The van der Waals surface area contributed by atoms with E-state index < -0.39 is 5.91 Å². The lowest BCUT2D eigenvalue weighted by Crippen LogP contribution is -2.32. The van der Waals surface area contributed by atoms with Crippen molar-refractivity contribution in [1.29, 1.82) is 0 Å². The van der Waals surface area contributed by atoms with Crippen LogP contribution in [-0.4, -0.2) is 22.5 Å². The molecule has 1 heterocycles. The molecule has 0 bridgehead atoms. The maximum absolute atomic E-state index is 12.5. The highest BCUT2D eigenvalue weighted by Crippen LogP contribution is 2.28. The Morgan fingerprint density at radius 1 is 1.07 bits per heavy atom. The van der Waals surface area contributed by atoms with Crippen molar-refractivity contribution < 1.29 is 14.3 Å². The van der Waals surface area contributed by atoms with Crippen LogP contribution in [-0.2, 0) is 16.1 Å². The molecule has 0 aliphatic heterocycles. The predicted molar refractivity (Wildman–Crippen MR) is 101 cm³/mol. The van der Waals surface area contributed by atoms with Crippen molar-refractivity contribution in [2.75, 3.05) is 5.32 Å². The van der Waals surface area contributed by atoms with E-state index in [0.29, 0.717) is 5.69 Å². The number of primary amides is 1. The van der Waals surface area contributed by atoms with Gasteiger partial charge in [-0.05, 0) is 43.9 Å². The molecular weight excluding hydrogens is 346 g/mol. The zero-order valence-electron chi connectivity index (χ0n) is 15.0. The second kappa shape index (κ2) is 8.53. The molecule has 0 saturated heterocycles. The van der Waals surface area contributed by atoms with Crippen molar-refractivity contribution in [2.45, 2.75) is 38.3 Å². The highest BCUT2D eigenvalue weighted by atomic mass is 16.5. The number of aromatic nitrogens is 1. The van der Waals surface area contributed by atoms with Crippen LogP contribution in [0.5, 0.6) is 5.75 Å². The van der Waals surface area contributed by atoms with Crippen molar-refractivity contribution in [1.82, 2.24) is 4.57 Å². The molecule has 1 aromatic heterocycles. The number of anilines is 1. The zero-order valence-corrected chi connectivity index (χ0v) is 15.0. The van der Waals surface area contributed by atoms with E-state index in [1.54, 1.807) is 0 Å². The molecule has 7 heteroatoms. The molecule has 0 unspecified atom stereocenters. The van der Waals surface area contributed by atoms with Gasteiger partial charge in [0.05, 0.1) is 11.8 Å². The second-order valence-electron chi connectivity index (χ2n) is 6.74. The number of carbonyl (C=O) groups is 2. The van der Waals surface area contributed by atoms with E-state index in [4.69, 9.17) is 10.5 Å². The number of nitrogens with zero attached hydrogens (tertiary/aromatic N) is 1. The number of nitrogens with one attached hydrogen (secondary N) is 1. The number of hydrogen-bond acceptors (Lipinski definition) is 4. The summed E-state index contributed by atoms with van der Waals surface area (Å²) >= 11 is 0. The third-order valence-electron chi connectivity index (χ3n) is 4.67. The zero-order chi connectivity index (χ0) is 19.2. The molecule has 0 radical (unpaired) electrons. The molecule has 3 N–H and O–H groups in total. The number of carbonyl (C=O) groups excluding carboxylic acids is 2. The van der Waals surface area contributed by atoms with Crippen molar-refractivity contribution in [3.8, 4) is 5.75 Å². The van der Waals surface area contributed by atoms with Crippen molar-refractivity contribution in [2.24, 2.45) is 11.7 Å². The van der Waals surface area contributed by atoms with E-state index in [-0.39, 0.29) is 30.0 Å². The lowest BCUT2D eigenvalue weighted by Gasteiger charge is -2.28. The van der Waals surface area contributed by atoms with E-state index in [2.05, 4.69) is 5.32 Å². The van der Waals surface area contributed by atoms with Crippen LogP contribution in [0.4, 0.5) is 5.69 Å². The maximum atomic E-state index is 12.5. The Morgan fingerprint density at radius 2 is 1.78 bits per heavy atom. The Hall–Kier alpha value is -3.09. The Kier molecular flexibility index (Phi) is 5.90. The number of hydrogen-bond donors (Lipinski definition) is 2. The lowest BCUT2D eigenvalue weighted by atomic mass is 9.86. The molecule has 2 amide bonds. The fourth-order valence-corrected chi connectivity index (χ4v) is 3.28. The average Bonchev–Trinajstić information content (AvgIpc) is 2.65. The van der Waals surface area contributed by atoms with E-state index in [1.807, 2.05) is 30.3 Å². The molecule has 27 heavy (non-hydrogen) atoms. The largest absolute Gasteiger partial charge is 0.490 e. The van der Waals surface area contributed by atoms with Gasteiger partial charge >= 0.3 is 0 Å². The molecule has 3 rings (SSSR count). The molecule has 2 aromatic rings. The minimum absolute atomic E-state index is 0.0857. The number of benzene rings is 1. The molecule has 1 aliphatic rings. The summed E-state index contributed by atoms with van der Waals surface area (Å²) in [6.07, 6.45) is 4.67. The van der Waals surface area contributed by atoms with Gasteiger partial charge in [0.25, 0.3) is 5.56 Å². The van der Waals surface area contributed by atoms with Gasteiger partial charge in [-0.2, -0.15) is 0 Å². The predicted octanol–water partition coefficient (Wildman–Crippen LogP) is 1.91. The maximum Gasteiger partial charge on any atom is 0.251 e. The van der Waals surface area contributed by atoms with Crippen molar-refractivity contribution in [3.63, 3.8) is 0 Å². The van der Waals surface area contributed by atoms with Gasteiger partial charge in [-0.3, -0.25) is 14.4 Å². The SMILES string of the molecule is NC(=O)Cn1cc(NC(=O)C2CCC(Oc3ccccc3)CC2)ccc1=O. The van der Waals surface area contributed by atoms with Crippen LogP contribution >= 0.6 is 0 Å². The fraction of sp³-hybridized carbons (Fsp3) is 0.350. The first-order chi connectivity index (χ1) is 13.0. The topological polar surface area (TPSA) is 103 Å². The van der Waals surface area contributed by atoms with Gasteiger partial charge in [0.1, 0.15) is 12.3 Å². The third-order valence-corrected chi connectivity index (χ3v) is 4.67. The summed E-state index contributed by atoms with van der Waals surface area (Å²) in [4.78, 5) is 35.3. The fourth-order valence-electron chi connectivity index (χ4n) is 3.28. The minimum Gasteiger partial charge on any atom is -0.490 e. The molecule has 1 saturated carbocycles. The number of rotatable bonds is 6. The van der Waals surface area contributed by atoms with E-state index in [0.717, 1.165) is 31.4 Å². The average molecular weight is 369 g/mol. The van der Waals surface area contributed by atoms with Gasteiger partial charge in [-0.1, -0.05) is 18.2 Å². The van der Waals surface area contributed by atoms with E-state index >= 15 is 0 Å². The first-order valence-corrected chi connectivity index (χ1v) is 9.02. The molecular formula is C20H23N3O4. The van der Waals surface area contributed by atoms with Crippen LogP contribution < -0.4 is 21.3 Å². The molecule has 7 nitrogen and oxygen atoms in total. The van der Waals surface area contributed by atoms with Crippen LogP contribution in [0.25, 0.3) is 0 Å². The van der Waals surface area contributed by atoms with Crippen LogP contribution in [0.15, 0.2) is 53.5 Å². The number of ether oxygens (including phenoxy) is 1. The Balaban J connectivity index is 1.54. The minimum atomic E-state index is -0.614. The standard InChI is InChI=1S/C20H23N3O4/c21-18(24)13-23-12-15(8-11-19(23)25)22-20(26)14-6-9-17(10-7-14)27-16-4-2-1-3-5-16/h1-5,8,11-12,14,17H,6-7,9-10,13H2,(H2,21,24)(H,22,26). The molecule has 1 fully saturated rings. The second-order valence-corrected chi connectivity index (χ2v) is 6.74. The van der Waals surface area contributed by atoms with E-state index in [1.165, 1.54) is 22.9 Å². The molecule has 1 aliphatic carbocycles. The first-order valence-electron chi connectivity index (χ1n) is 9.02. The van der Waals surface area contributed by atoms with Crippen LogP contribution in [0.2, 0.25) is 0 Å². The van der Waals surface area contributed by atoms with Gasteiger partial charge in [0.15, 0.2) is 0 Å². The Bertz CT molecular complexity index is 855. The summed E-state index contributed by atoms with van der Waals surface area (Å²) in [5.41, 5.74) is 5.27. The normalized spacial score (nSPS) is 19.3. The van der Waals surface area contributed by atoms with Crippen LogP contribution in [0, 0.1) is 5.92 Å². The summed E-state index contributed by atoms with van der Waals surface area (Å²) in [5, 5.41) is 2.83. The molecule has 1 aromatic carbocycles. The summed E-state index contributed by atoms with van der Waals surface area (Å²) in [6.45, 7) is -0.218. The number of pyridine rings is 1. The number of para-hydroxylation sites is 1. The highest BCUT2D eigenvalue weighted by molar-refractivity contribution is 5.92. The van der Waals surface area contributed by atoms with Crippen molar-refractivity contribution in [3.05, 3.63) is 59.0 Å². The quantitative estimate of drug-likeness (QED) is 0.812. The van der Waals surface area contributed by atoms with Crippen LogP contribution in [0.3, 0.4) is 0 Å². The molecule has 142 valence electrons. The van der Waals surface area contributed by atoms with Gasteiger partial charge in [-0.25, -0.2) is 0 Å². The Labute approximate surface area is 157 Å². The Morgan fingerprint density at radius 3 is 2.44 bits per heavy atom. The smallest absolute Gasteiger partial charge is 0.251 e. The van der Waals surface area contributed by atoms with Crippen molar-refractivity contribution >= 4 is 17.5 Å². The number of amides is 2. The van der Waals surface area contributed by atoms with E-state index in [9.17, 15) is 14.4 Å². The molecule has 0 atom stereocenters. The summed E-state index contributed by atoms with van der Waals surface area (Å²) < 4.78 is 7.14. The monoisotopic (exact) mass is 369 g/mol. The summed E-state index contributed by atoms with van der Waals surface area (Å²) in [5.74, 6) is 0.0500. The van der Waals surface area contributed by atoms with Crippen LogP contribution in [0.1, 0.15) is 25.7 Å². The third kappa shape index (κ3) is 5.20. The first kappa shape index (κ1) is 18.7. The summed E-state index contributed by atoms with van der Waals surface area (Å²) in [6, 6.07) is 12.5. The van der Waals surface area contributed by atoms with Gasteiger partial charge in [0, 0.05) is 18.2 Å². The van der Waals surface area contributed by atoms with Gasteiger partial charge in [-0.15, -0.1) is 0 Å². The highest BCUT2D eigenvalue weighted by Gasteiger charge is 2.27.